The van der Waals surface area contributed by atoms with E-state index in [-0.39, 0.29) is 41.3 Å². The van der Waals surface area contributed by atoms with Crippen molar-refractivity contribution in [3.05, 3.63) is 78.8 Å². The van der Waals surface area contributed by atoms with Gasteiger partial charge in [-0.2, -0.15) is 5.26 Å². The van der Waals surface area contributed by atoms with E-state index in [9.17, 15) is 20.0 Å². The van der Waals surface area contributed by atoms with E-state index < -0.39 is 5.97 Å². The number of carboxylic acids is 1. The van der Waals surface area contributed by atoms with E-state index in [1.807, 2.05) is 11.0 Å². The van der Waals surface area contributed by atoms with Crippen LogP contribution in [0.15, 0.2) is 40.5 Å². The molecule has 0 amide bonds. The number of carbonyl (C=O) groups is 1. The second-order valence-electron chi connectivity index (χ2n) is 10.4. The molecule has 0 unspecified atom stereocenters. The summed E-state index contributed by atoms with van der Waals surface area (Å²) in [5.41, 5.74) is 3.27. The standard InChI is InChI=1S/C31H25Cl2N5O5S/c1-15-8-20(29-27(35-15)22(14-44-29)31(40)41)19-9-17(32)4-5-25(19)43-7-6-38-16(2)36-24-10-23(33)28(37-12-18(13-37)42-3)21(11-34)26(24)30(38)39/h4-5,8-10,14,18H,6-7,12-13H2,1-3H3,(H,40,41). The average Bonchev–Trinajstić information content (AvgIpc) is 3.39. The molecular weight excluding hydrogens is 625 g/mol. The van der Waals surface area contributed by atoms with Crippen LogP contribution in [0.2, 0.25) is 10.0 Å². The molecule has 0 radical (unpaired) electrons. The Labute approximate surface area is 265 Å². The first kappa shape index (κ1) is 29.8. The van der Waals surface area contributed by atoms with Crippen molar-refractivity contribution < 1.29 is 19.4 Å². The van der Waals surface area contributed by atoms with Gasteiger partial charge in [0.15, 0.2) is 0 Å². The van der Waals surface area contributed by atoms with Gasteiger partial charge in [-0.25, -0.2) is 9.78 Å². The molecule has 44 heavy (non-hydrogen) atoms. The number of methoxy groups -OCH3 is 1. The van der Waals surface area contributed by atoms with Gasteiger partial charge in [-0.15, -0.1) is 11.3 Å². The fraction of sp³-hybridized carbons (Fsp3) is 0.258. The van der Waals surface area contributed by atoms with Crippen LogP contribution in [0.1, 0.15) is 27.4 Å². The number of rotatable bonds is 8. The third-order valence-electron chi connectivity index (χ3n) is 7.66. The van der Waals surface area contributed by atoms with Crippen molar-refractivity contribution in [1.29, 1.82) is 5.26 Å². The highest BCUT2D eigenvalue weighted by atomic mass is 35.5. The SMILES string of the molecule is COC1CN(c2c(Cl)cc3nc(C)n(CCOc4ccc(Cl)cc4-c4cc(C)nc5c(C(=O)O)csc45)c(=O)c3c2C#N)C1. The lowest BCUT2D eigenvalue weighted by molar-refractivity contribution is 0.0699. The third kappa shape index (κ3) is 5.14. The quantitative estimate of drug-likeness (QED) is 0.212. The number of benzene rings is 2. The van der Waals surface area contributed by atoms with Gasteiger partial charge >= 0.3 is 5.97 Å². The van der Waals surface area contributed by atoms with Crippen LogP contribution in [0.25, 0.3) is 32.2 Å². The number of ether oxygens (including phenoxy) is 2. The second-order valence-corrected chi connectivity index (χ2v) is 12.1. The molecule has 1 aliphatic heterocycles. The molecule has 1 saturated heterocycles. The fourth-order valence-corrected chi connectivity index (χ4v) is 6.97. The van der Waals surface area contributed by atoms with Crippen molar-refractivity contribution in [2.24, 2.45) is 0 Å². The Bertz CT molecular complexity index is 2080. The maximum absolute atomic E-state index is 13.8. The van der Waals surface area contributed by atoms with Gasteiger partial charge in [0.2, 0.25) is 0 Å². The number of pyridine rings is 1. The summed E-state index contributed by atoms with van der Waals surface area (Å²) < 4.78 is 13.8. The van der Waals surface area contributed by atoms with Crippen LogP contribution in [0.3, 0.4) is 0 Å². The Hall–Kier alpha value is -4.21. The zero-order valence-electron chi connectivity index (χ0n) is 23.9. The van der Waals surface area contributed by atoms with Crippen LogP contribution < -0.4 is 15.2 Å². The molecule has 3 aromatic heterocycles. The van der Waals surface area contributed by atoms with Gasteiger partial charge in [0.1, 0.15) is 24.3 Å². The molecule has 1 N–H and O–H groups in total. The summed E-state index contributed by atoms with van der Waals surface area (Å²) in [6.07, 6.45) is 0.0298. The van der Waals surface area contributed by atoms with Crippen LogP contribution in [0.4, 0.5) is 5.69 Å². The molecule has 1 fully saturated rings. The van der Waals surface area contributed by atoms with Crippen LogP contribution in [-0.2, 0) is 11.3 Å². The number of fused-ring (bicyclic) bond motifs is 2. The van der Waals surface area contributed by atoms with Gasteiger partial charge in [0.05, 0.1) is 55.6 Å². The fourth-order valence-electron chi connectivity index (χ4n) is 5.47. The zero-order chi connectivity index (χ0) is 31.3. The molecule has 4 heterocycles. The molecule has 0 aliphatic carbocycles. The molecule has 224 valence electrons. The summed E-state index contributed by atoms with van der Waals surface area (Å²) >= 11 is 14.2. The maximum Gasteiger partial charge on any atom is 0.338 e. The number of aryl methyl sites for hydroxylation is 2. The van der Waals surface area contributed by atoms with E-state index >= 15 is 0 Å². The van der Waals surface area contributed by atoms with Gasteiger partial charge in [-0.3, -0.25) is 14.3 Å². The van der Waals surface area contributed by atoms with Crippen molar-refractivity contribution in [1.82, 2.24) is 14.5 Å². The first-order valence-corrected chi connectivity index (χ1v) is 15.2. The number of halogens is 2. The van der Waals surface area contributed by atoms with Crippen LogP contribution in [-0.4, -0.2) is 58.5 Å². The molecule has 10 nitrogen and oxygen atoms in total. The van der Waals surface area contributed by atoms with Gasteiger partial charge in [-0.05, 0) is 44.2 Å². The minimum atomic E-state index is -1.05. The van der Waals surface area contributed by atoms with Gasteiger partial charge < -0.3 is 19.5 Å². The molecule has 0 spiro atoms. The molecule has 0 saturated carbocycles. The first-order valence-electron chi connectivity index (χ1n) is 13.6. The van der Waals surface area contributed by atoms with Crippen LogP contribution in [0, 0.1) is 25.2 Å². The summed E-state index contributed by atoms with van der Waals surface area (Å²) in [6.45, 7) is 4.89. The Morgan fingerprint density at radius 3 is 2.66 bits per heavy atom. The average molecular weight is 651 g/mol. The number of anilines is 1. The maximum atomic E-state index is 13.8. The minimum Gasteiger partial charge on any atom is -0.491 e. The first-order chi connectivity index (χ1) is 21.1. The Morgan fingerprint density at radius 1 is 1.18 bits per heavy atom. The second kappa shape index (κ2) is 11.7. The number of carboxylic acid groups (broad SMARTS) is 1. The number of thiophene rings is 1. The molecular formula is C31H25Cl2N5O5S. The molecule has 6 rings (SSSR count). The largest absolute Gasteiger partial charge is 0.491 e. The number of aromatic nitrogens is 3. The lowest BCUT2D eigenvalue weighted by atomic mass is 10.0. The molecule has 1 aliphatic rings. The molecule has 0 atom stereocenters. The highest BCUT2D eigenvalue weighted by Crippen LogP contribution is 2.41. The van der Waals surface area contributed by atoms with Crippen molar-refractivity contribution >= 4 is 67.3 Å². The van der Waals surface area contributed by atoms with E-state index in [2.05, 4.69) is 16.0 Å². The molecule has 0 bridgehead atoms. The normalized spacial score (nSPS) is 13.3. The number of hydrogen-bond acceptors (Lipinski definition) is 9. The highest BCUT2D eigenvalue weighted by molar-refractivity contribution is 7.18. The molecule has 5 aromatic rings. The van der Waals surface area contributed by atoms with Crippen molar-refractivity contribution in [2.75, 3.05) is 31.7 Å². The molecule has 13 heteroatoms. The van der Waals surface area contributed by atoms with Crippen molar-refractivity contribution in [3.8, 4) is 22.9 Å². The van der Waals surface area contributed by atoms with Crippen LogP contribution in [0.5, 0.6) is 5.75 Å². The highest BCUT2D eigenvalue weighted by Gasteiger charge is 2.32. The number of aromatic carboxylic acids is 1. The zero-order valence-corrected chi connectivity index (χ0v) is 26.2. The van der Waals surface area contributed by atoms with Crippen LogP contribution >= 0.6 is 34.5 Å². The smallest absolute Gasteiger partial charge is 0.338 e. The van der Waals surface area contributed by atoms with E-state index in [1.54, 1.807) is 50.6 Å². The van der Waals surface area contributed by atoms with Crippen molar-refractivity contribution in [3.63, 3.8) is 0 Å². The van der Waals surface area contributed by atoms with Gasteiger partial charge in [0.25, 0.3) is 5.56 Å². The number of hydrogen-bond donors (Lipinski definition) is 1. The Kier molecular flexibility index (Phi) is 7.94. The summed E-state index contributed by atoms with van der Waals surface area (Å²) in [4.78, 5) is 36.6. The summed E-state index contributed by atoms with van der Waals surface area (Å²) in [6, 6.07) is 10.9. The monoisotopic (exact) mass is 649 g/mol. The van der Waals surface area contributed by atoms with E-state index in [0.29, 0.717) is 67.4 Å². The van der Waals surface area contributed by atoms with Crippen molar-refractivity contribution in [2.45, 2.75) is 26.5 Å². The van der Waals surface area contributed by atoms with E-state index in [0.717, 1.165) is 5.56 Å². The third-order valence-corrected chi connectivity index (χ3v) is 9.19. The summed E-state index contributed by atoms with van der Waals surface area (Å²) in [5, 5.41) is 22.4. The Morgan fingerprint density at radius 2 is 1.95 bits per heavy atom. The lowest BCUT2D eigenvalue weighted by Crippen LogP contribution is -2.52. The minimum absolute atomic E-state index is 0.0298. The van der Waals surface area contributed by atoms with E-state index in [1.165, 1.54) is 15.9 Å². The summed E-state index contributed by atoms with van der Waals surface area (Å²) in [5.74, 6) is -0.0984. The topological polar surface area (TPSA) is 131 Å². The predicted octanol–water partition coefficient (Wildman–Crippen LogP) is 6.08. The number of nitriles is 1. The number of nitrogens with zero attached hydrogens (tertiary/aromatic N) is 5. The summed E-state index contributed by atoms with van der Waals surface area (Å²) in [7, 11) is 1.63. The lowest BCUT2D eigenvalue weighted by Gasteiger charge is -2.40. The van der Waals surface area contributed by atoms with Gasteiger partial charge in [-0.1, -0.05) is 23.2 Å². The Balaban J connectivity index is 1.34. The predicted molar refractivity (Wildman–Crippen MR) is 171 cm³/mol. The molecule has 2 aromatic carbocycles. The van der Waals surface area contributed by atoms with Gasteiger partial charge in [0, 0.05) is 47.4 Å². The van der Waals surface area contributed by atoms with E-state index in [4.69, 9.17) is 32.7 Å².